The van der Waals surface area contributed by atoms with Crippen molar-refractivity contribution in [3.05, 3.63) is 97.2 Å². The lowest BCUT2D eigenvalue weighted by molar-refractivity contribution is -0.870. The van der Waals surface area contributed by atoms with Gasteiger partial charge in [-0.2, -0.15) is 0 Å². The third-order valence-electron chi connectivity index (χ3n) is 13.3. The largest absolute Gasteiger partial charge is 0.472 e. The lowest BCUT2D eigenvalue weighted by atomic mass is 10.0. The number of phosphoric ester groups is 1. The van der Waals surface area contributed by atoms with Crippen molar-refractivity contribution in [3.8, 4) is 0 Å². The molecule has 0 saturated heterocycles. The van der Waals surface area contributed by atoms with E-state index in [0.717, 1.165) is 77.0 Å². The van der Waals surface area contributed by atoms with Crippen LogP contribution < -0.4 is 5.32 Å². The predicted octanol–water partition coefficient (Wildman–Crippen LogP) is 19.0. The highest BCUT2D eigenvalue weighted by molar-refractivity contribution is 7.47. The van der Waals surface area contributed by atoms with Crippen molar-refractivity contribution in [2.45, 2.75) is 270 Å². The Morgan fingerprint density at radius 1 is 0.473 bits per heavy atom. The maximum atomic E-state index is 13.0. The Bertz CT molecular complexity index is 1520. The van der Waals surface area contributed by atoms with Gasteiger partial charge in [0, 0.05) is 6.42 Å². The number of allylic oxidation sites excluding steroid dienone is 15. The van der Waals surface area contributed by atoms with Crippen molar-refractivity contribution in [2.75, 3.05) is 40.9 Å². The third kappa shape index (κ3) is 57.1. The zero-order valence-corrected chi connectivity index (χ0v) is 49.7. The van der Waals surface area contributed by atoms with Crippen LogP contribution in [0, 0.1) is 0 Å². The van der Waals surface area contributed by atoms with Gasteiger partial charge in [0.1, 0.15) is 13.2 Å². The molecule has 0 heterocycles. The van der Waals surface area contributed by atoms with Gasteiger partial charge >= 0.3 is 7.82 Å². The maximum Gasteiger partial charge on any atom is 0.472 e. The Kier molecular flexibility index (Phi) is 53.3. The molecule has 0 bridgehead atoms. The number of likely N-dealkylation sites (N-methyl/N-ethyl adjacent to an activating group) is 1. The van der Waals surface area contributed by atoms with E-state index in [9.17, 15) is 19.4 Å². The number of quaternary nitrogens is 1. The topological polar surface area (TPSA) is 105 Å². The van der Waals surface area contributed by atoms with Crippen LogP contribution in [0.1, 0.15) is 258 Å². The molecule has 0 aromatic rings. The number of aliphatic hydroxyl groups is 1. The van der Waals surface area contributed by atoms with Crippen LogP contribution in [0.15, 0.2) is 97.2 Å². The molecule has 0 spiro atoms. The first kappa shape index (κ1) is 71.4. The van der Waals surface area contributed by atoms with E-state index < -0.39 is 20.0 Å². The van der Waals surface area contributed by atoms with Crippen molar-refractivity contribution < 1.29 is 32.9 Å². The summed E-state index contributed by atoms with van der Waals surface area (Å²) in [4.78, 5) is 23.3. The number of carbonyl (C=O) groups is 1. The number of hydrogen-bond acceptors (Lipinski definition) is 5. The van der Waals surface area contributed by atoms with Gasteiger partial charge in [-0.25, -0.2) is 4.57 Å². The van der Waals surface area contributed by atoms with Crippen LogP contribution in [0.5, 0.6) is 0 Å². The van der Waals surface area contributed by atoms with Crippen molar-refractivity contribution >= 4 is 13.7 Å². The van der Waals surface area contributed by atoms with E-state index in [4.69, 9.17) is 9.05 Å². The summed E-state index contributed by atoms with van der Waals surface area (Å²) in [6.45, 7) is 4.68. The first-order valence-corrected chi connectivity index (χ1v) is 32.1. The van der Waals surface area contributed by atoms with Crippen molar-refractivity contribution in [1.82, 2.24) is 5.32 Å². The van der Waals surface area contributed by atoms with E-state index in [1.807, 2.05) is 27.2 Å². The van der Waals surface area contributed by atoms with Crippen LogP contribution in [-0.4, -0.2) is 73.4 Å². The second kappa shape index (κ2) is 55.2. The van der Waals surface area contributed by atoms with E-state index in [2.05, 4.69) is 104 Å². The molecule has 74 heavy (non-hydrogen) atoms. The first-order valence-electron chi connectivity index (χ1n) is 30.6. The van der Waals surface area contributed by atoms with E-state index >= 15 is 0 Å². The van der Waals surface area contributed by atoms with E-state index in [1.54, 1.807) is 6.08 Å². The number of nitrogens with one attached hydrogen (secondary N) is 1. The summed E-state index contributed by atoms with van der Waals surface area (Å²) in [6.07, 6.45) is 79.6. The number of nitrogens with zero attached hydrogens (tertiary/aromatic N) is 1. The summed E-state index contributed by atoms with van der Waals surface area (Å²) in [5.41, 5.74) is 0. The zero-order chi connectivity index (χ0) is 54.2. The molecule has 0 aliphatic heterocycles. The summed E-state index contributed by atoms with van der Waals surface area (Å²) in [6, 6.07) is -0.866. The molecule has 0 aliphatic rings. The molecule has 3 unspecified atom stereocenters. The van der Waals surface area contributed by atoms with Gasteiger partial charge in [0.05, 0.1) is 39.9 Å². The highest BCUT2D eigenvalue weighted by Gasteiger charge is 2.27. The number of hydrogen-bond donors (Lipinski definition) is 3. The molecule has 0 rings (SSSR count). The lowest BCUT2D eigenvalue weighted by Gasteiger charge is -2.25. The minimum atomic E-state index is -4.36. The number of carbonyl (C=O) groups excluding carboxylic acids is 1. The van der Waals surface area contributed by atoms with Crippen LogP contribution in [0.3, 0.4) is 0 Å². The minimum Gasteiger partial charge on any atom is -0.387 e. The van der Waals surface area contributed by atoms with Gasteiger partial charge in [0.25, 0.3) is 0 Å². The maximum absolute atomic E-state index is 13.0. The molecule has 3 N–H and O–H groups in total. The molecule has 8 nitrogen and oxygen atoms in total. The van der Waals surface area contributed by atoms with E-state index in [-0.39, 0.29) is 19.1 Å². The molecule has 1 amide bonds. The number of rotatable bonds is 55. The standard InChI is InChI=1S/C65H117N2O6P/c1-6-8-10-12-14-16-18-20-22-23-24-25-26-27-28-29-30-31-32-33-34-35-36-37-38-39-40-41-42-43-45-47-49-51-53-55-57-59-65(69)66-63(62-73-74(70,71)72-61-60-67(3,4)5)64(68)58-56-54-52-50-48-46-44-21-19-17-15-13-11-9-7-2/h8,10,14,16,20,22,24-25,27-28,30-31,48,50,56,58,63-64,68H,6-7,9,11-13,15,17-19,21,23,26,29,32-47,49,51-55,57,59-62H2,1-5H3,(H-,66,69,70,71)/p+1/b10-8-,16-14-,22-20-,25-24-,28-27-,31-30-,50-48+,58-56+. The summed E-state index contributed by atoms with van der Waals surface area (Å²) < 4.78 is 23.7. The van der Waals surface area contributed by atoms with Crippen LogP contribution in [0.4, 0.5) is 0 Å². The Morgan fingerprint density at radius 3 is 1.24 bits per heavy atom. The van der Waals surface area contributed by atoms with Gasteiger partial charge in [-0.05, 0) is 83.5 Å². The average Bonchev–Trinajstić information content (AvgIpc) is 3.36. The minimum absolute atomic E-state index is 0.0541. The molecule has 0 radical (unpaired) electrons. The van der Waals surface area contributed by atoms with Gasteiger partial charge in [0.2, 0.25) is 5.91 Å². The summed E-state index contributed by atoms with van der Waals surface area (Å²) in [5.74, 6) is -0.187. The highest BCUT2D eigenvalue weighted by atomic mass is 31.2. The van der Waals surface area contributed by atoms with Gasteiger partial charge < -0.3 is 19.8 Å². The summed E-state index contributed by atoms with van der Waals surface area (Å²) >= 11 is 0. The van der Waals surface area contributed by atoms with Crippen molar-refractivity contribution in [2.24, 2.45) is 0 Å². The molecule has 0 aromatic carbocycles. The Morgan fingerprint density at radius 2 is 0.824 bits per heavy atom. The fraction of sp³-hybridized carbons (Fsp3) is 0.738. The Balaban J connectivity index is 4.03. The number of aliphatic hydroxyl groups excluding tert-OH is 1. The normalized spacial score (nSPS) is 14.5. The highest BCUT2D eigenvalue weighted by Crippen LogP contribution is 2.43. The Hall–Kier alpha value is -2.58. The van der Waals surface area contributed by atoms with E-state index in [0.29, 0.717) is 17.4 Å². The number of amides is 1. The predicted molar refractivity (Wildman–Crippen MR) is 322 cm³/mol. The molecule has 0 aromatic heterocycles. The van der Waals surface area contributed by atoms with Gasteiger partial charge in [-0.1, -0.05) is 265 Å². The molecule has 0 saturated carbocycles. The molecule has 9 heteroatoms. The zero-order valence-electron chi connectivity index (χ0n) is 48.8. The average molecular weight is 1050 g/mol. The molecular weight excluding hydrogens is 936 g/mol. The molecule has 0 fully saturated rings. The number of phosphoric acid groups is 1. The molecule has 3 atom stereocenters. The van der Waals surface area contributed by atoms with Crippen LogP contribution in [0.2, 0.25) is 0 Å². The van der Waals surface area contributed by atoms with Gasteiger partial charge in [-0.3, -0.25) is 13.8 Å². The molecule has 0 aliphatic carbocycles. The number of unbranched alkanes of at least 4 members (excludes halogenated alkanes) is 28. The van der Waals surface area contributed by atoms with Gasteiger partial charge in [-0.15, -0.1) is 0 Å². The second-order valence-corrected chi connectivity index (χ2v) is 23.1. The molecular formula is C65H118N2O6P+. The lowest BCUT2D eigenvalue weighted by Crippen LogP contribution is -2.45. The SMILES string of the molecule is CC/C=C\C/C=C\C/C=C\C/C=C\C/C=C\C/C=C\CCCCCCCCCCCCCCCCCCCCC(=O)NC(COP(=O)(O)OCC[N+](C)(C)C)C(O)/C=C/CC/C=C/CCCCCCCCCCC. The van der Waals surface area contributed by atoms with Crippen LogP contribution in [0.25, 0.3) is 0 Å². The van der Waals surface area contributed by atoms with Crippen LogP contribution in [-0.2, 0) is 18.4 Å². The van der Waals surface area contributed by atoms with Gasteiger partial charge in [0.15, 0.2) is 0 Å². The fourth-order valence-corrected chi connectivity index (χ4v) is 9.27. The Labute approximate surface area is 458 Å². The first-order chi connectivity index (χ1) is 36.0. The smallest absolute Gasteiger partial charge is 0.387 e. The fourth-order valence-electron chi connectivity index (χ4n) is 8.53. The van der Waals surface area contributed by atoms with E-state index in [1.165, 1.54) is 161 Å². The third-order valence-corrected chi connectivity index (χ3v) is 14.3. The summed E-state index contributed by atoms with van der Waals surface area (Å²) in [7, 11) is 1.55. The van der Waals surface area contributed by atoms with Crippen molar-refractivity contribution in [1.29, 1.82) is 0 Å². The monoisotopic (exact) mass is 1050 g/mol. The molecule has 428 valence electrons. The summed E-state index contributed by atoms with van der Waals surface area (Å²) in [5, 5.41) is 13.9. The quantitative estimate of drug-likeness (QED) is 0.0243. The second-order valence-electron chi connectivity index (χ2n) is 21.7. The van der Waals surface area contributed by atoms with Crippen LogP contribution >= 0.6 is 7.82 Å². The van der Waals surface area contributed by atoms with Crippen molar-refractivity contribution in [3.63, 3.8) is 0 Å².